The number of benzene rings is 1. The average Bonchev–Trinajstić information content (AvgIpc) is 3.10. The fraction of sp³-hybridized carbons (Fsp3) is 0.294. The number of nitrogens with zero attached hydrogens (tertiary/aromatic N) is 3. The minimum absolute atomic E-state index is 0.751. The molecule has 3 aromatic rings. The van der Waals surface area contributed by atoms with Gasteiger partial charge < -0.3 is 15.0 Å². The van der Waals surface area contributed by atoms with Crippen molar-refractivity contribution < 1.29 is 4.74 Å². The third-order valence-corrected chi connectivity index (χ3v) is 4.91. The van der Waals surface area contributed by atoms with E-state index in [1.807, 2.05) is 19.2 Å². The number of aromatic nitrogens is 2. The molecule has 0 unspecified atom stereocenters. The van der Waals surface area contributed by atoms with Crippen molar-refractivity contribution >= 4 is 33.1 Å². The molecule has 2 aromatic heterocycles. The topological polar surface area (TPSA) is 50.3 Å². The molecule has 0 amide bonds. The van der Waals surface area contributed by atoms with Crippen LogP contribution in [-0.4, -0.2) is 43.3 Å². The van der Waals surface area contributed by atoms with Gasteiger partial charge in [0.1, 0.15) is 0 Å². The van der Waals surface area contributed by atoms with E-state index in [2.05, 4.69) is 33.8 Å². The summed E-state index contributed by atoms with van der Waals surface area (Å²) in [5.41, 5.74) is 3.10. The molecule has 1 aromatic carbocycles. The van der Waals surface area contributed by atoms with Gasteiger partial charge in [0.05, 0.1) is 23.4 Å². The van der Waals surface area contributed by atoms with Crippen molar-refractivity contribution in [3.8, 4) is 11.4 Å². The molecular weight excluding hydrogens is 308 g/mol. The Bertz CT molecular complexity index is 826. The molecule has 0 spiro atoms. The highest BCUT2D eigenvalue weighted by molar-refractivity contribution is 7.17. The summed E-state index contributed by atoms with van der Waals surface area (Å²) in [6, 6.07) is 10.3. The van der Waals surface area contributed by atoms with Gasteiger partial charge in [0, 0.05) is 31.4 Å². The van der Waals surface area contributed by atoms with E-state index in [-0.39, 0.29) is 0 Å². The Kier molecular flexibility index (Phi) is 3.85. The number of thiophene rings is 1. The molecule has 1 aliphatic rings. The largest absolute Gasteiger partial charge is 0.388 e. The van der Waals surface area contributed by atoms with Crippen molar-refractivity contribution in [2.45, 2.75) is 0 Å². The van der Waals surface area contributed by atoms with E-state index in [1.165, 1.54) is 0 Å². The molecule has 1 aliphatic heterocycles. The average molecular weight is 326 g/mol. The third kappa shape index (κ3) is 2.75. The van der Waals surface area contributed by atoms with Crippen LogP contribution < -0.4 is 10.2 Å². The maximum atomic E-state index is 5.47. The van der Waals surface area contributed by atoms with Gasteiger partial charge in [-0.25, -0.2) is 9.97 Å². The van der Waals surface area contributed by atoms with Crippen molar-refractivity contribution in [2.24, 2.45) is 0 Å². The van der Waals surface area contributed by atoms with Gasteiger partial charge in [-0.3, -0.25) is 0 Å². The van der Waals surface area contributed by atoms with E-state index in [0.29, 0.717) is 0 Å². The number of anilines is 2. The van der Waals surface area contributed by atoms with Gasteiger partial charge in [0.25, 0.3) is 0 Å². The van der Waals surface area contributed by atoms with Crippen molar-refractivity contribution in [1.82, 2.24) is 9.97 Å². The van der Waals surface area contributed by atoms with Crippen LogP contribution in [0.5, 0.6) is 0 Å². The van der Waals surface area contributed by atoms with E-state index in [4.69, 9.17) is 14.7 Å². The highest BCUT2D eigenvalue weighted by atomic mass is 32.1. The first kappa shape index (κ1) is 14.4. The lowest BCUT2D eigenvalue weighted by molar-refractivity contribution is 0.122. The first-order valence-electron chi connectivity index (χ1n) is 7.71. The summed E-state index contributed by atoms with van der Waals surface area (Å²) >= 11 is 1.70. The molecule has 0 radical (unpaired) electrons. The molecule has 0 saturated carbocycles. The summed E-state index contributed by atoms with van der Waals surface area (Å²) in [7, 11) is 1.92. The number of morpholine rings is 1. The summed E-state index contributed by atoms with van der Waals surface area (Å²) in [5.74, 6) is 1.80. The lowest BCUT2D eigenvalue weighted by Crippen LogP contribution is -2.36. The van der Waals surface area contributed by atoms with E-state index >= 15 is 0 Å². The Morgan fingerprint density at radius 2 is 2.04 bits per heavy atom. The fourth-order valence-electron chi connectivity index (χ4n) is 2.78. The first-order valence-corrected chi connectivity index (χ1v) is 8.59. The first-order chi connectivity index (χ1) is 11.3. The van der Waals surface area contributed by atoms with Crippen LogP contribution in [-0.2, 0) is 4.74 Å². The summed E-state index contributed by atoms with van der Waals surface area (Å²) in [5, 5.41) is 5.25. The minimum atomic E-state index is 0.751. The van der Waals surface area contributed by atoms with Crippen molar-refractivity contribution in [3.63, 3.8) is 0 Å². The van der Waals surface area contributed by atoms with Gasteiger partial charge in [-0.15, -0.1) is 11.3 Å². The van der Waals surface area contributed by atoms with Gasteiger partial charge in [0.15, 0.2) is 11.6 Å². The molecule has 0 atom stereocenters. The molecule has 1 fully saturated rings. The van der Waals surface area contributed by atoms with Crippen molar-refractivity contribution in [2.75, 3.05) is 43.6 Å². The third-order valence-electron chi connectivity index (χ3n) is 4.01. The highest BCUT2D eigenvalue weighted by Crippen LogP contribution is 2.32. The molecule has 4 rings (SSSR count). The van der Waals surface area contributed by atoms with Crippen LogP contribution in [0.25, 0.3) is 21.6 Å². The molecule has 0 bridgehead atoms. The zero-order chi connectivity index (χ0) is 15.6. The van der Waals surface area contributed by atoms with E-state index < -0.39 is 0 Å². The lowest BCUT2D eigenvalue weighted by Gasteiger charge is -2.28. The van der Waals surface area contributed by atoms with Gasteiger partial charge in [-0.2, -0.15) is 0 Å². The van der Waals surface area contributed by atoms with Crippen LogP contribution in [0.4, 0.5) is 11.5 Å². The molecule has 118 valence electrons. The quantitative estimate of drug-likeness (QED) is 0.801. The van der Waals surface area contributed by atoms with Crippen LogP contribution in [0.2, 0.25) is 0 Å². The Balaban J connectivity index is 1.83. The molecule has 6 heteroatoms. The summed E-state index contributed by atoms with van der Waals surface area (Å²) < 4.78 is 6.62. The maximum absolute atomic E-state index is 5.47. The number of nitrogens with one attached hydrogen (secondary N) is 1. The molecule has 1 saturated heterocycles. The molecule has 23 heavy (non-hydrogen) atoms. The lowest BCUT2D eigenvalue weighted by atomic mass is 10.2. The molecular formula is C17H18N4OS. The number of hydrogen-bond donors (Lipinski definition) is 1. The standard InChI is InChI=1S/C17H18N4OS/c1-18-13-4-2-3-12(11-13)16-19-14-5-10-23-15(14)17(20-16)21-6-8-22-9-7-21/h2-5,10-11,18H,6-9H2,1H3. The molecule has 1 N–H and O–H groups in total. The van der Waals surface area contributed by atoms with Crippen LogP contribution in [0.1, 0.15) is 0 Å². The normalized spacial score (nSPS) is 15.1. The van der Waals surface area contributed by atoms with Gasteiger partial charge in [-0.05, 0) is 23.6 Å². The highest BCUT2D eigenvalue weighted by Gasteiger charge is 2.18. The second-order valence-electron chi connectivity index (χ2n) is 5.44. The second kappa shape index (κ2) is 6.14. The van der Waals surface area contributed by atoms with Crippen LogP contribution in [0.15, 0.2) is 35.7 Å². The molecule has 3 heterocycles. The molecule has 0 aliphatic carbocycles. The predicted octanol–water partition coefficient (Wildman–Crippen LogP) is 3.24. The van der Waals surface area contributed by atoms with Crippen molar-refractivity contribution in [3.05, 3.63) is 35.7 Å². The minimum Gasteiger partial charge on any atom is -0.388 e. The molecule has 5 nitrogen and oxygen atoms in total. The Hall–Kier alpha value is -2.18. The van der Waals surface area contributed by atoms with Crippen LogP contribution >= 0.6 is 11.3 Å². The second-order valence-corrected chi connectivity index (χ2v) is 6.35. The van der Waals surface area contributed by atoms with Crippen molar-refractivity contribution in [1.29, 1.82) is 0 Å². The Morgan fingerprint density at radius 3 is 2.87 bits per heavy atom. The van der Waals surface area contributed by atoms with E-state index in [9.17, 15) is 0 Å². The van der Waals surface area contributed by atoms with E-state index in [0.717, 1.165) is 59.4 Å². The monoisotopic (exact) mass is 326 g/mol. The zero-order valence-electron chi connectivity index (χ0n) is 13.0. The number of ether oxygens (including phenoxy) is 1. The van der Waals surface area contributed by atoms with Gasteiger partial charge in [0.2, 0.25) is 0 Å². The zero-order valence-corrected chi connectivity index (χ0v) is 13.8. The predicted molar refractivity (Wildman–Crippen MR) is 95.4 cm³/mol. The summed E-state index contributed by atoms with van der Waals surface area (Å²) in [4.78, 5) is 11.9. The number of rotatable bonds is 3. The SMILES string of the molecule is CNc1cccc(-c2nc(N3CCOCC3)c3sccc3n2)c1. The summed E-state index contributed by atoms with van der Waals surface area (Å²) in [6.45, 7) is 3.25. The maximum Gasteiger partial charge on any atom is 0.162 e. The van der Waals surface area contributed by atoms with Gasteiger partial charge in [-0.1, -0.05) is 12.1 Å². The summed E-state index contributed by atoms with van der Waals surface area (Å²) in [6.07, 6.45) is 0. The Morgan fingerprint density at radius 1 is 1.17 bits per heavy atom. The van der Waals surface area contributed by atoms with Crippen LogP contribution in [0, 0.1) is 0 Å². The van der Waals surface area contributed by atoms with E-state index in [1.54, 1.807) is 11.3 Å². The number of hydrogen-bond acceptors (Lipinski definition) is 6. The van der Waals surface area contributed by atoms with Gasteiger partial charge >= 0.3 is 0 Å². The smallest absolute Gasteiger partial charge is 0.162 e. The fourth-order valence-corrected chi connectivity index (χ4v) is 3.63. The van der Waals surface area contributed by atoms with Crippen LogP contribution in [0.3, 0.4) is 0 Å². The number of fused-ring (bicyclic) bond motifs is 1. The Labute approximate surface area is 138 Å².